The van der Waals surface area contributed by atoms with Crippen LogP contribution >= 0.6 is 0 Å². The Kier molecular flexibility index (Phi) is 8.21. The minimum absolute atomic E-state index is 0.0282. The fourth-order valence-corrected chi connectivity index (χ4v) is 5.43. The monoisotopic (exact) mass is 509 g/mol. The van der Waals surface area contributed by atoms with Gasteiger partial charge in [-0.05, 0) is 42.7 Å². The first-order chi connectivity index (χ1) is 17.2. The fourth-order valence-electron chi connectivity index (χ4n) is 4.19. The van der Waals surface area contributed by atoms with Crippen LogP contribution in [-0.2, 0) is 37.3 Å². The number of aliphatic hydroxyl groups excluding tert-OH is 1. The van der Waals surface area contributed by atoms with Crippen molar-refractivity contribution >= 4 is 16.0 Å². The number of ether oxygens (including phenoxy) is 2. The number of sulfonamides is 1. The van der Waals surface area contributed by atoms with Gasteiger partial charge >= 0.3 is 5.97 Å². The summed E-state index contributed by atoms with van der Waals surface area (Å²) in [6, 6.07) is 22.8. The molecule has 0 aromatic heterocycles. The topological polar surface area (TPSA) is 102 Å². The van der Waals surface area contributed by atoms with Gasteiger partial charge in [-0.2, -0.15) is 4.72 Å². The predicted octanol–water partition coefficient (Wildman–Crippen LogP) is 3.70. The maximum Gasteiger partial charge on any atom is 0.311 e. The molecule has 0 unspecified atom stereocenters. The van der Waals surface area contributed by atoms with E-state index in [4.69, 9.17) is 9.47 Å². The molecule has 7 nitrogen and oxygen atoms in total. The Labute approximate surface area is 212 Å². The summed E-state index contributed by atoms with van der Waals surface area (Å²) in [7, 11) is -3.86. The highest BCUT2D eigenvalue weighted by atomic mass is 32.2. The van der Waals surface area contributed by atoms with Gasteiger partial charge in [0.25, 0.3) is 0 Å². The largest absolute Gasteiger partial charge is 0.460 e. The van der Waals surface area contributed by atoms with Crippen LogP contribution in [0.2, 0.25) is 0 Å². The lowest BCUT2D eigenvalue weighted by atomic mass is 10.1. The first kappa shape index (κ1) is 26.0. The molecule has 0 saturated carbocycles. The predicted molar refractivity (Wildman–Crippen MR) is 136 cm³/mol. The van der Waals surface area contributed by atoms with E-state index in [1.165, 1.54) is 0 Å². The van der Waals surface area contributed by atoms with E-state index in [1.54, 1.807) is 31.2 Å². The molecule has 0 spiro atoms. The second-order valence-electron chi connectivity index (χ2n) is 9.15. The van der Waals surface area contributed by atoms with Gasteiger partial charge in [-0.1, -0.05) is 72.3 Å². The highest BCUT2D eigenvalue weighted by molar-refractivity contribution is 7.89. The average Bonchev–Trinajstić information content (AvgIpc) is 3.20. The second-order valence-corrected chi connectivity index (χ2v) is 10.9. The van der Waals surface area contributed by atoms with Crippen LogP contribution in [0.4, 0.5) is 0 Å². The summed E-state index contributed by atoms with van der Waals surface area (Å²) < 4.78 is 40.3. The minimum Gasteiger partial charge on any atom is -0.460 e. The van der Waals surface area contributed by atoms with Crippen LogP contribution in [0.3, 0.4) is 0 Å². The van der Waals surface area contributed by atoms with Crippen molar-refractivity contribution in [3.8, 4) is 0 Å². The lowest BCUT2D eigenvalue weighted by molar-refractivity contribution is -0.159. The molecular formula is C28H31NO6S. The van der Waals surface area contributed by atoms with Gasteiger partial charge < -0.3 is 14.6 Å². The molecule has 0 saturated heterocycles. The van der Waals surface area contributed by atoms with E-state index in [0.29, 0.717) is 13.0 Å². The van der Waals surface area contributed by atoms with E-state index < -0.39 is 40.2 Å². The number of fused-ring (bicyclic) bond motifs is 1. The van der Waals surface area contributed by atoms with E-state index in [9.17, 15) is 18.3 Å². The number of esters is 1. The summed E-state index contributed by atoms with van der Waals surface area (Å²) in [6.07, 6.45) is -1.43. The zero-order chi connectivity index (χ0) is 25.7. The molecule has 0 radical (unpaired) electrons. The Morgan fingerprint density at radius 2 is 1.69 bits per heavy atom. The number of nitrogens with one attached hydrogen (secondary N) is 1. The molecule has 8 heteroatoms. The van der Waals surface area contributed by atoms with E-state index in [1.807, 2.05) is 61.5 Å². The van der Waals surface area contributed by atoms with Crippen molar-refractivity contribution in [3.63, 3.8) is 0 Å². The van der Waals surface area contributed by atoms with Crippen molar-refractivity contribution in [1.82, 2.24) is 4.72 Å². The third kappa shape index (κ3) is 6.20. The second kappa shape index (κ2) is 11.3. The summed E-state index contributed by atoms with van der Waals surface area (Å²) in [5.74, 6) is -1.46. The standard InChI is InChI=1S/C28H31NO6S/c1-19-12-14-23(15-13-19)36(32,33)29-27-24-11-7-6-10-22(24)16-26(27)35-28(31)20(2)25(30)18-34-17-21-8-4-3-5-9-21/h3-15,20,25-27,29-30H,16-18H2,1-2H3/t20-,25-,26+,27-/m0/s1. The third-order valence-corrected chi connectivity index (χ3v) is 7.87. The molecule has 0 bridgehead atoms. The number of hydrogen-bond acceptors (Lipinski definition) is 6. The Morgan fingerprint density at radius 1 is 1.03 bits per heavy atom. The SMILES string of the molecule is Cc1ccc(S(=O)(=O)N[C@H]2c3ccccc3C[C@H]2OC(=O)[C@@H](C)[C@@H](O)COCc2ccccc2)cc1. The van der Waals surface area contributed by atoms with Gasteiger partial charge in [-0.25, -0.2) is 8.42 Å². The summed E-state index contributed by atoms with van der Waals surface area (Å²) in [6.45, 7) is 3.75. The third-order valence-electron chi connectivity index (χ3n) is 6.41. The zero-order valence-electron chi connectivity index (χ0n) is 20.3. The molecule has 3 aromatic rings. The molecule has 1 aliphatic rings. The molecule has 3 aromatic carbocycles. The molecule has 0 aliphatic heterocycles. The quantitative estimate of drug-likeness (QED) is 0.404. The first-order valence-electron chi connectivity index (χ1n) is 11.9. The van der Waals surface area contributed by atoms with Crippen molar-refractivity contribution < 1.29 is 27.8 Å². The van der Waals surface area contributed by atoms with Gasteiger partial charge in [0.15, 0.2) is 0 Å². The molecule has 1 aliphatic carbocycles. The maximum atomic E-state index is 13.1. The van der Waals surface area contributed by atoms with Gasteiger partial charge in [0.05, 0.1) is 36.2 Å². The molecule has 2 N–H and O–H groups in total. The van der Waals surface area contributed by atoms with Crippen LogP contribution in [0.1, 0.15) is 35.2 Å². The molecule has 4 rings (SSSR count). The van der Waals surface area contributed by atoms with Gasteiger partial charge in [-0.15, -0.1) is 0 Å². The summed E-state index contributed by atoms with van der Waals surface area (Å²) in [5.41, 5.74) is 3.59. The number of carbonyl (C=O) groups is 1. The van der Waals surface area contributed by atoms with Crippen LogP contribution in [0.5, 0.6) is 0 Å². The highest BCUT2D eigenvalue weighted by Gasteiger charge is 2.39. The number of hydrogen-bond donors (Lipinski definition) is 2. The summed E-state index contributed by atoms with van der Waals surface area (Å²) in [4.78, 5) is 13.1. The fraction of sp³-hybridized carbons (Fsp3) is 0.321. The lowest BCUT2D eigenvalue weighted by Gasteiger charge is -2.25. The molecule has 0 amide bonds. The van der Waals surface area contributed by atoms with Gasteiger partial charge in [0.2, 0.25) is 10.0 Å². The molecule has 0 heterocycles. The first-order valence-corrected chi connectivity index (χ1v) is 13.4. The van der Waals surface area contributed by atoms with E-state index in [0.717, 1.165) is 22.3 Å². The Morgan fingerprint density at radius 3 is 2.42 bits per heavy atom. The molecule has 36 heavy (non-hydrogen) atoms. The van der Waals surface area contributed by atoms with Gasteiger partial charge in [0, 0.05) is 6.42 Å². The smallest absolute Gasteiger partial charge is 0.311 e. The zero-order valence-corrected chi connectivity index (χ0v) is 21.1. The maximum absolute atomic E-state index is 13.1. The Hall–Kier alpha value is -3.04. The van der Waals surface area contributed by atoms with E-state index >= 15 is 0 Å². The number of rotatable bonds is 10. The Balaban J connectivity index is 1.42. The van der Waals surface area contributed by atoms with Crippen LogP contribution < -0.4 is 4.72 Å². The molecular weight excluding hydrogens is 478 g/mol. The van der Waals surface area contributed by atoms with Crippen LogP contribution in [0, 0.1) is 12.8 Å². The Bertz CT molecular complexity index is 1280. The highest BCUT2D eigenvalue weighted by Crippen LogP contribution is 2.35. The van der Waals surface area contributed by atoms with Crippen LogP contribution in [0.25, 0.3) is 0 Å². The number of carbonyl (C=O) groups excluding carboxylic acids is 1. The molecule has 190 valence electrons. The van der Waals surface area contributed by atoms with Crippen LogP contribution in [0.15, 0.2) is 83.8 Å². The molecule has 0 fully saturated rings. The van der Waals surface area contributed by atoms with Crippen LogP contribution in [-0.4, -0.2) is 38.3 Å². The summed E-state index contributed by atoms with van der Waals surface area (Å²) in [5, 5.41) is 10.5. The van der Waals surface area contributed by atoms with Crippen molar-refractivity contribution in [3.05, 3.63) is 101 Å². The van der Waals surface area contributed by atoms with E-state index in [-0.39, 0.29) is 11.5 Å². The number of benzene rings is 3. The number of aliphatic hydroxyl groups is 1. The number of aryl methyl sites for hydroxylation is 1. The van der Waals surface area contributed by atoms with Crippen molar-refractivity contribution in [2.24, 2.45) is 5.92 Å². The minimum atomic E-state index is -3.86. The van der Waals surface area contributed by atoms with E-state index in [2.05, 4.69) is 4.72 Å². The molecule has 4 atom stereocenters. The lowest BCUT2D eigenvalue weighted by Crippen LogP contribution is -2.39. The van der Waals surface area contributed by atoms with Gasteiger partial charge in [0.1, 0.15) is 6.10 Å². The van der Waals surface area contributed by atoms with Gasteiger partial charge in [-0.3, -0.25) is 4.79 Å². The average molecular weight is 510 g/mol. The summed E-state index contributed by atoms with van der Waals surface area (Å²) >= 11 is 0. The van der Waals surface area contributed by atoms with Crippen molar-refractivity contribution in [1.29, 1.82) is 0 Å². The van der Waals surface area contributed by atoms with Crippen molar-refractivity contribution in [2.45, 2.75) is 50.0 Å². The normalized spacial score (nSPS) is 18.9. The van der Waals surface area contributed by atoms with Crippen molar-refractivity contribution in [2.75, 3.05) is 6.61 Å².